The first kappa shape index (κ1) is 17.5. The molecule has 136 valence electrons. The van der Waals surface area contributed by atoms with Crippen LogP contribution in [0, 0.1) is 0 Å². The van der Waals surface area contributed by atoms with E-state index in [9.17, 15) is 9.90 Å². The predicted molar refractivity (Wildman–Crippen MR) is 90.8 cm³/mol. The summed E-state index contributed by atoms with van der Waals surface area (Å²) in [5.74, 6) is 1.46. The van der Waals surface area contributed by atoms with Crippen LogP contribution in [-0.2, 0) is 13.0 Å². The molecular weight excluding hydrogens is 322 g/mol. The van der Waals surface area contributed by atoms with Crippen molar-refractivity contribution in [3.05, 3.63) is 36.3 Å². The molecule has 2 unspecified atom stereocenters. The highest BCUT2D eigenvalue weighted by atomic mass is 16.4. The lowest BCUT2D eigenvalue weighted by Crippen LogP contribution is -2.44. The summed E-state index contributed by atoms with van der Waals surface area (Å²) < 4.78 is 7.19. The maximum Gasteiger partial charge on any atom is 0.317 e. The van der Waals surface area contributed by atoms with E-state index in [-0.39, 0.29) is 12.1 Å². The highest BCUT2D eigenvalue weighted by Crippen LogP contribution is 2.27. The number of hydrogen-bond acceptors (Lipinski definition) is 5. The van der Waals surface area contributed by atoms with E-state index in [1.165, 1.54) is 0 Å². The molecule has 3 rings (SSSR count). The van der Waals surface area contributed by atoms with Crippen molar-refractivity contribution in [2.75, 3.05) is 13.1 Å². The van der Waals surface area contributed by atoms with Crippen molar-refractivity contribution in [3.8, 4) is 0 Å². The van der Waals surface area contributed by atoms with Crippen molar-refractivity contribution in [2.24, 2.45) is 0 Å². The Bertz CT molecular complexity index is 670. The van der Waals surface area contributed by atoms with Gasteiger partial charge in [0.05, 0.1) is 6.26 Å². The van der Waals surface area contributed by atoms with Gasteiger partial charge in [0.25, 0.3) is 0 Å². The molecule has 3 heterocycles. The lowest BCUT2D eigenvalue weighted by molar-refractivity contribution is 0.108. The molecular formula is C17H25N5O3. The fourth-order valence-corrected chi connectivity index (χ4v) is 3.33. The number of carbonyl (C=O) groups excluding carboxylic acids is 1. The minimum atomic E-state index is -0.683. The number of amides is 2. The van der Waals surface area contributed by atoms with E-state index in [0.717, 1.165) is 25.1 Å². The first-order valence-electron chi connectivity index (χ1n) is 8.81. The standard InChI is InChI=1S/C17H25N5O3/c1-2-16-20-19-12-21(16)9-7-18-17(24)22-8-3-5-13(22)11-14(23)15-6-4-10-25-15/h4,6,10,12-14,23H,2-3,5,7-9,11H2,1H3,(H,18,24). The first-order chi connectivity index (χ1) is 12.2. The number of furan rings is 1. The summed E-state index contributed by atoms with van der Waals surface area (Å²) in [5, 5.41) is 21.1. The minimum absolute atomic E-state index is 0.0289. The molecule has 0 aromatic carbocycles. The summed E-state index contributed by atoms with van der Waals surface area (Å²) in [6.07, 6.45) is 5.71. The van der Waals surface area contributed by atoms with Gasteiger partial charge in [-0.05, 0) is 25.0 Å². The molecule has 2 atom stereocenters. The highest BCUT2D eigenvalue weighted by Gasteiger charge is 2.31. The Balaban J connectivity index is 1.49. The average Bonchev–Trinajstić information content (AvgIpc) is 3.36. The third kappa shape index (κ3) is 4.19. The molecule has 0 radical (unpaired) electrons. The van der Waals surface area contributed by atoms with Crippen LogP contribution in [0.25, 0.3) is 0 Å². The summed E-state index contributed by atoms with van der Waals surface area (Å²) in [5.41, 5.74) is 0. The molecule has 2 amide bonds. The van der Waals surface area contributed by atoms with Gasteiger partial charge < -0.3 is 24.3 Å². The van der Waals surface area contributed by atoms with Gasteiger partial charge in [0, 0.05) is 38.5 Å². The summed E-state index contributed by atoms with van der Waals surface area (Å²) >= 11 is 0. The molecule has 2 aromatic rings. The zero-order chi connectivity index (χ0) is 17.6. The van der Waals surface area contributed by atoms with Crippen molar-refractivity contribution < 1.29 is 14.3 Å². The average molecular weight is 347 g/mol. The molecule has 2 aromatic heterocycles. The summed E-state index contributed by atoms with van der Waals surface area (Å²) in [6, 6.07) is 3.46. The number of nitrogens with one attached hydrogen (secondary N) is 1. The van der Waals surface area contributed by atoms with E-state index in [1.54, 1.807) is 24.7 Å². The summed E-state index contributed by atoms with van der Waals surface area (Å²) in [4.78, 5) is 14.3. The zero-order valence-corrected chi connectivity index (χ0v) is 14.5. The van der Waals surface area contributed by atoms with Crippen molar-refractivity contribution in [3.63, 3.8) is 0 Å². The number of aliphatic hydroxyl groups is 1. The number of nitrogens with zero attached hydrogens (tertiary/aromatic N) is 4. The van der Waals surface area contributed by atoms with Crippen molar-refractivity contribution in [2.45, 2.75) is 51.3 Å². The Morgan fingerprint density at radius 2 is 2.44 bits per heavy atom. The second kappa shape index (κ2) is 8.15. The number of carbonyl (C=O) groups is 1. The molecule has 25 heavy (non-hydrogen) atoms. The van der Waals surface area contributed by atoms with Gasteiger partial charge in [-0.2, -0.15) is 0 Å². The fourth-order valence-electron chi connectivity index (χ4n) is 3.33. The Labute approximate surface area is 146 Å². The van der Waals surface area contributed by atoms with Crippen LogP contribution in [0.4, 0.5) is 4.79 Å². The van der Waals surface area contributed by atoms with Crippen LogP contribution in [0.5, 0.6) is 0 Å². The molecule has 0 aliphatic carbocycles. The van der Waals surface area contributed by atoms with Crippen LogP contribution in [0.3, 0.4) is 0 Å². The smallest absolute Gasteiger partial charge is 0.317 e. The van der Waals surface area contributed by atoms with E-state index in [2.05, 4.69) is 15.5 Å². The van der Waals surface area contributed by atoms with E-state index in [1.807, 2.05) is 16.4 Å². The SMILES string of the molecule is CCc1nncn1CCNC(=O)N1CCCC1CC(O)c1ccco1. The van der Waals surface area contributed by atoms with Gasteiger partial charge in [0.15, 0.2) is 0 Å². The first-order valence-corrected chi connectivity index (χ1v) is 8.81. The maximum atomic E-state index is 12.5. The zero-order valence-electron chi connectivity index (χ0n) is 14.5. The minimum Gasteiger partial charge on any atom is -0.467 e. The van der Waals surface area contributed by atoms with E-state index < -0.39 is 6.10 Å². The number of aromatic nitrogens is 3. The van der Waals surface area contributed by atoms with Crippen molar-refractivity contribution in [1.29, 1.82) is 0 Å². The number of urea groups is 1. The molecule has 0 saturated carbocycles. The number of aliphatic hydroxyl groups excluding tert-OH is 1. The molecule has 1 aliphatic heterocycles. The monoisotopic (exact) mass is 347 g/mol. The predicted octanol–water partition coefficient (Wildman–Crippen LogP) is 1.73. The van der Waals surface area contributed by atoms with Gasteiger partial charge >= 0.3 is 6.03 Å². The maximum absolute atomic E-state index is 12.5. The highest BCUT2D eigenvalue weighted by molar-refractivity contribution is 5.74. The summed E-state index contributed by atoms with van der Waals surface area (Å²) in [6.45, 7) is 3.91. The Hall–Kier alpha value is -2.35. The Morgan fingerprint density at radius 1 is 1.56 bits per heavy atom. The molecule has 8 heteroatoms. The number of aryl methyl sites for hydroxylation is 1. The van der Waals surface area contributed by atoms with Crippen LogP contribution >= 0.6 is 0 Å². The van der Waals surface area contributed by atoms with Crippen LogP contribution in [0.1, 0.15) is 43.9 Å². The quantitative estimate of drug-likeness (QED) is 0.795. The van der Waals surface area contributed by atoms with Gasteiger partial charge in [-0.15, -0.1) is 10.2 Å². The summed E-state index contributed by atoms with van der Waals surface area (Å²) in [7, 11) is 0. The fraction of sp³-hybridized carbons (Fsp3) is 0.588. The van der Waals surface area contributed by atoms with Crippen LogP contribution in [0.2, 0.25) is 0 Å². The number of likely N-dealkylation sites (tertiary alicyclic amines) is 1. The topological polar surface area (TPSA) is 96.4 Å². The number of rotatable bonds is 7. The van der Waals surface area contributed by atoms with Crippen LogP contribution in [0.15, 0.2) is 29.1 Å². The molecule has 0 bridgehead atoms. The second-order valence-electron chi connectivity index (χ2n) is 6.28. The second-order valence-corrected chi connectivity index (χ2v) is 6.28. The van der Waals surface area contributed by atoms with Gasteiger partial charge in [-0.3, -0.25) is 0 Å². The Morgan fingerprint density at radius 3 is 3.20 bits per heavy atom. The molecule has 1 aliphatic rings. The normalized spacial score (nSPS) is 18.5. The van der Waals surface area contributed by atoms with Crippen molar-refractivity contribution >= 4 is 6.03 Å². The third-order valence-corrected chi connectivity index (χ3v) is 4.65. The van der Waals surface area contributed by atoms with Crippen LogP contribution in [-0.4, -0.2) is 49.9 Å². The van der Waals surface area contributed by atoms with Crippen LogP contribution < -0.4 is 5.32 Å². The van der Waals surface area contributed by atoms with Gasteiger partial charge in [0.2, 0.25) is 0 Å². The largest absolute Gasteiger partial charge is 0.467 e. The lowest BCUT2D eigenvalue weighted by Gasteiger charge is -2.26. The lowest BCUT2D eigenvalue weighted by atomic mass is 10.1. The Kier molecular flexibility index (Phi) is 5.70. The van der Waals surface area contributed by atoms with Gasteiger partial charge in [-0.25, -0.2) is 4.79 Å². The van der Waals surface area contributed by atoms with Gasteiger partial charge in [0.1, 0.15) is 24.0 Å². The molecule has 1 fully saturated rings. The van der Waals surface area contributed by atoms with E-state index in [0.29, 0.717) is 31.8 Å². The molecule has 2 N–H and O–H groups in total. The van der Waals surface area contributed by atoms with E-state index >= 15 is 0 Å². The molecule has 8 nitrogen and oxygen atoms in total. The van der Waals surface area contributed by atoms with Gasteiger partial charge in [-0.1, -0.05) is 6.92 Å². The third-order valence-electron chi connectivity index (χ3n) is 4.65. The molecule has 0 spiro atoms. The number of hydrogen-bond donors (Lipinski definition) is 2. The van der Waals surface area contributed by atoms with E-state index in [4.69, 9.17) is 4.42 Å². The molecule has 1 saturated heterocycles. The van der Waals surface area contributed by atoms with Crippen molar-refractivity contribution in [1.82, 2.24) is 25.0 Å².